The number of benzene rings is 2. The molecule has 9 heteroatoms. The number of halogens is 2. The van der Waals surface area contributed by atoms with Gasteiger partial charge in [0, 0.05) is 6.07 Å². The molecule has 0 atom stereocenters. The smallest absolute Gasteiger partial charge is 0.288 e. The molecular weight excluding hydrogens is 385 g/mol. The maximum atomic E-state index is 12.1. The van der Waals surface area contributed by atoms with Crippen LogP contribution in [0, 0.1) is 10.1 Å². The van der Waals surface area contributed by atoms with Crippen LogP contribution in [0.15, 0.2) is 52.4 Å². The molecule has 3 rings (SSSR count). The van der Waals surface area contributed by atoms with Crippen LogP contribution in [0.1, 0.15) is 5.56 Å². The fourth-order valence-corrected chi connectivity index (χ4v) is 3.24. The molecule has 2 aromatic carbocycles. The zero-order chi connectivity index (χ0) is 18.0. The molecule has 1 heterocycles. The van der Waals surface area contributed by atoms with Crippen molar-refractivity contribution in [2.75, 3.05) is 0 Å². The molecule has 0 unspecified atom stereocenters. The van der Waals surface area contributed by atoms with Gasteiger partial charge in [0.25, 0.3) is 11.6 Å². The number of nitro benzene ring substituents is 1. The topological polar surface area (TPSA) is 84.6 Å². The van der Waals surface area contributed by atoms with Crippen molar-refractivity contribution in [2.45, 2.75) is 0 Å². The van der Waals surface area contributed by atoms with E-state index in [4.69, 9.17) is 23.2 Å². The summed E-state index contributed by atoms with van der Waals surface area (Å²) in [6.45, 7) is 0. The third-order valence-electron chi connectivity index (χ3n) is 3.19. The van der Waals surface area contributed by atoms with Gasteiger partial charge < -0.3 is 5.32 Å². The lowest BCUT2D eigenvalue weighted by atomic mass is 10.2. The molecule has 0 radical (unpaired) electrons. The number of carbonyl (C=O) groups excluding carboxylic acids is 1. The predicted molar refractivity (Wildman–Crippen MR) is 100 cm³/mol. The molecule has 2 aromatic rings. The lowest BCUT2D eigenvalue weighted by Crippen LogP contribution is -2.19. The first-order valence-corrected chi connectivity index (χ1v) is 8.49. The van der Waals surface area contributed by atoms with Crippen LogP contribution in [0.2, 0.25) is 10.0 Å². The minimum atomic E-state index is -0.573. The van der Waals surface area contributed by atoms with Gasteiger partial charge in [-0.1, -0.05) is 41.4 Å². The van der Waals surface area contributed by atoms with Crippen molar-refractivity contribution < 1.29 is 9.72 Å². The number of para-hydroxylation sites is 1. The van der Waals surface area contributed by atoms with Crippen molar-refractivity contribution in [3.05, 3.63) is 73.1 Å². The van der Waals surface area contributed by atoms with E-state index in [0.717, 1.165) is 11.8 Å². The first-order chi connectivity index (χ1) is 11.9. The lowest BCUT2D eigenvalue weighted by Gasteiger charge is -1.98. The third kappa shape index (κ3) is 4.01. The quantitative estimate of drug-likeness (QED) is 0.461. The summed E-state index contributed by atoms with van der Waals surface area (Å²) >= 11 is 13.0. The minimum absolute atomic E-state index is 0.0386. The Morgan fingerprint density at radius 2 is 1.92 bits per heavy atom. The second kappa shape index (κ2) is 7.26. The van der Waals surface area contributed by atoms with Crippen LogP contribution < -0.4 is 5.32 Å². The summed E-state index contributed by atoms with van der Waals surface area (Å²) in [6.07, 6.45) is 1.54. The highest BCUT2D eigenvalue weighted by molar-refractivity contribution is 8.18. The molecule has 0 saturated carbocycles. The summed E-state index contributed by atoms with van der Waals surface area (Å²) in [5, 5.41) is 14.5. The second-order valence-corrected chi connectivity index (χ2v) is 6.75. The molecule has 1 amide bonds. The Balaban J connectivity index is 1.88. The highest BCUT2D eigenvalue weighted by Gasteiger charge is 2.24. The van der Waals surface area contributed by atoms with Crippen LogP contribution in [0.3, 0.4) is 0 Å². The van der Waals surface area contributed by atoms with Gasteiger partial charge in [0.05, 0.1) is 20.5 Å². The number of hydrogen-bond acceptors (Lipinski definition) is 5. The van der Waals surface area contributed by atoms with Gasteiger partial charge in [-0.25, -0.2) is 4.99 Å². The van der Waals surface area contributed by atoms with Crippen molar-refractivity contribution >= 4 is 63.5 Å². The Morgan fingerprint density at radius 1 is 1.16 bits per heavy atom. The van der Waals surface area contributed by atoms with Gasteiger partial charge in [-0.05, 0) is 41.6 Å². The van der Waals surface area contributed by atoms with E-state index in [0.29, 0.717) is 26.3 Å². The van der Waals surface area contributed by atoms with Gasteiger partial charge in [-0.3, -0.25) is 14.9 Å². The average molecular weight is 394 g/mol. The van der Waals surface area contributed by atoms with Crippen molar-refractivity contribution in [3.63, 3.8) is 0 Å². The van der Waals surface area contributed by atoms with Crippen LogP contribution in [0.5, 0.6) is 0 Å². The van der Waals surface area contributed by atoms with Crippen molar-refractivity contribution in [2.24, 2.45) is 4.99 Å². The summed E-state index contributed by atoms with van der Waals surface area (Å²) in [5.74, 6) is -0.339. The lowest BCUT2D eigenvalue weighted by molar-refractivity contribution is -0.384. The predicted octanol–water partition coefficient (Wildman–Crippen LogP) is 4.79. The highest BCUT2D eigenvalue weighted by Crippen LogP contribution is 2.32. The first-order valence-electron chi connectivity index (χ1n) is 6.92. The molecule has 6 nitrogen and oxygen atoms in total. The fourth-order valence-electron chi connectivity index (χ4n) is 2.04. The number of aliphatic imine (C=N–C) groups is 1. The Hall–Kier alpha value is -2.35. The number of amides is 1. The van der Waals surface area contributed by atoms with E-state index in [2.05, 4.69) is 10.3 Å². The van der Waals surface area contributed by atoms with Crippen molar-refractivity contribution in [1.82, 2.24) is 5.32 Å². The molecule has 0 bridgehead atoms. The van der Waals surface area contributed by atoms with E-state index in [-0.39, 0.29) is 16.6 Å². The largest absolute Gasteiger partial charge is 0.300 e. The van der Waals surface area contributed by atoms with E-state index in [1.807, 2.05) is 0 Å². The van der Waals surface area contributed by atoms with Gasteiger partial charge in [0.1, 0.15) is 5.02 Å². The second-order valence-electron chi connectivity index (χ2n) is 4.90. The first kappa shape index (κ1) is 17.5. The van der Waals surface area contributed by atoms with Crippen LogP contribution >= 0.6 is 35.0 Å². The molecule has 25 heavy (non-hydrogen) atoms. The normalized spacial score (nSPS) is 17.1. The van der Waals surface area contributed by atoms with Crippen LogP contribution in [0.25, 0.3) is 6.08 Å². The number of nitrogens with one attached hydrogen (secondary N) is 1. The van der Waals surface area contributed by atoms with Crippen molar-refractivity contribution in [1.29, 1.82) is 0 Å². The van der Waals surface area contributed by atoms with Crippen molar-refractivity contribution in [3.8, 4) is 0 Å². The molecule has 1 N–H and O–H groups in total. The molecule has 0 spiro atoms. The maximum absolute atomic E-state index is 12.1. The Labute approximate surface area is 156 Å². The number of rotatable bonds is 3. The monoisotopic (exact) mass is 393 g/mol. The summed E-state index contributed by atoms with van der Waals surface area (Å²) < 4.78 is 0. The average Bonchev–Trinajstić information content (AvgIpc) is 2.90. The number of nitrogens with zero attached hydrogens (tertiary/aromatic N) is 2. The van der Waals surface area contributed by atoms with Crippen LogP contribution in [0.4, 0.5) is 11.4 Å². The van der Waals surface area contributed by atoms with Crippen LogP contribution in [-0.4, -0.2) is 16.0 Å². The van der Waals surface area contributed by atoms with E-state index >= 15 is 0 Å². The molecule has 1 aliphatic rings. The minimum Gasteiger partial charge on any atom is -0.300 e. The Kier molecular flexibility index (Phi) is 5.08. The molecule has 0 aromatic heterocycles. The maximum Gasteiger partial charge on any atom is 0.288 e. The summed E-state index contributed by atoms with van der Waals surface area (Å²) in [7, 11) is 0. The van der Waals surface area contributed by atoms with Gasteiger partial charge in [0.2, 0.25) is 0 Å². The number of thioether (sulfide) groups is 1. The fraction of sp³-hybridized carbons (Fsp3) is 0. The third-order valence-corrected chi connectivity index (χ3v) is 4.74. The van der Waals surface area contributed by atoms with E-state index in [1.54, 1.807) is 36.4 Å². The van der Waals surface area contributed by atoms with Gasteiger partial charge in [0.15, 0.2) is 5.17 Å². The highest BCUT2D eigenvalue weighted by atomic mass is 35.5. The van der Waals surface area contributed by atoms with Gasteiger partial charge >= 0.3 is 0 Å². The van der Waals surface area contributed by atoms with E-state index in [9.17, 15) is 14.9 Å². The summed E-state index contributed by atoms with van der Waals surface area (Å²) in [5.41, 5.74) is 0.812. The van der Waals surface area contributed by atoms with Crippen LogP contribution in [-0.2, 0) is 4.79 Å². The molecule has 0 aliphatic carbocycles. The number of amidine groups is 1. The Morgan fingerprint density at radius 3 is 2.64 bits per heavy atom. The number of nitro groups is 1. The summed E-state index contributed by atoms with van der Waals surface area (Å²) in [6, 6.07) is 11.3. The standard InChI is InChI=1S/C16H9Cl2N3O3S/c17-10-3-1-2-4-12(10)19-16-20-15(22)14(25-16)8-9-5-6-11(18)13(7-9)21(23)24/h1-8H,(H,19,20,22)/b14-8+. The van der Waals surface area contributed by atoms with E-state index in [1.165, 1.54) is 12.1 Å². The summed E-state index contributed by atoms with van der Waals surface area (Å²) in [4.78, 5) is 27.1. The molecule has 1 saturated heterocycles. The van der Waals surface area contributed by atoms with E-state index < -0.39 is 4.92 Å². The molecule has 126 valence electrons. The number of hydrogen-bond donors (Lipinski definition) is 1. The zero-order valence-corrected chi connectivity index (χ0v) is 14.7. The number of carbonyl (C=O) groups is 1. The Bertz CT molecular complexity index is 944. The zero-order valence-electron chi connectivity index (χ0n) is 12.4. The molecule has 1 aliphatic heterocycles. The molecule has 1 fully saturated rings. The van der Waals surface area contributed by atoms with Gasteiger partial charge in [-0.2, -0.15) is 0 Å². The van der Waals surface area contributed by atoms with Gasteiger partial charge in [-0.15, -0.1) is 0 Å². The molecular formula is C16H9Cl2N3O3S. The SMILES string of the molecule is O=C1NC(=Nc2ccccc2Cl)S/C1=C/c1ccc(Cl)c([N+](=O)[O-])c1.